The van der Waals surface area contributed by atoms with Gasteiger partial charge in [-0.05, 0) is 41.9 Å². The molecule has 0 unspecified atom stereocenters. The summed E-state index contributed by atoms with van der Waals surface area (Å²) in [5, 5.41) is 6.87. The molecule has 4 rings (SSSR count). The number of nitrogens with zero attached hydrogens (tertiary/aromatic N) is 2. The van der Waals surface area contributed by atoms with Gasteiger partial charge in [-0.15, -0.1) is 0 Å². The Kier molecular flexibility index (Phi) is 6.12. The second kappa shape index (κ2) is 9.11. The van der Waals surface area contributed by atoms with E-state index in [0.29, 0.717) is 13.1 Å². The molecule has 0 spiro atoms. The summed E-state index contributed by atoms with van der Waals surface area (Å²) in [6.07, 6.45) is 1.67. The summed E-state index contributed by atoms with van der Waals surface area (Å²) in [7, 11) is 2.17. The van der Waals surface area contributed by atoms with Crippen LogP contribution in [0.2, 0.25) is 0 Å². The Morgan fingerprint density at radius 1 is 0.897 bits per heavy atom. The Labute approximate surface area is 171 Å². The number of nitrogens with one attached hydrogen (secondary N) is 2. The third-order valence-corrected chi connectivity index (χ3v) is 5.45. The fourth-order valence-corrected chi connectivity index (χ4v) is 3.58. The quantitative estimate of drug-likeness (QED) is 0.676. The molecule has 0 radical (unpaired) electrons. The van der Waals surface area contributed by atoms with Gasteiger partial charge in [0.2, 0.25) is 0 Å². The van der Waals surface area contributed by atoms with Crippen molar-refractivity contribution in [3.05, 3.63) is 71.5 Å². The number of fused-ring (bicyclic) bond motifs is 1. The molecule has 1 aliphatic heterocycles. The lowest BCUT2D eigenvalue weighted by Gasteiger charge is -2.32. The monoisotopic (exact) mass is 392 g/mol. The van der Waals surface area contributed by atoms with E-state index in [1.165, 1.54) is 5.56 Å². The van der Waals surface area contributed by atoms with Gasteiger partial charge in [-0.2, -0.15) is 0 Å². The molecule has 2 aromatic carbocycles. The maximum atomic E-state index is 12.1. The first-order valence-electron chi connectivity index (χ1n) is 10.1. The number of carbonyl (C=O) groups is 1. The van der Waals surface area contributed by atoms with Gasteiger partial charge in [0.05, 0.1) is 6.26 Å². The van der Waals surface area contributed by atoms with Crippen molar-refractivity contribution in [1.82, 2.24) is 20.4 Å². The average molecular weight is 393 g/mol. The molecule has 0 bridgehead atoms. The molecule has 2 amide bonds. The highest BCUT2D eigenvalue weighted by atomic mass is 16.3. The van der Waals surface area contributed by atoms with Crippen LogP contribution < -0.4 is 10.6 Å². The Bertz CT molecular complexity index is 943. The predicted octanol–water partition coefficient (Wildman–Crippen LogP) is 3.18. The standard InChI is InChI=1S/C23H28N4O2/c1-26-9-11-27(12-10-26)17-19-4-2-18(3-5-19)15-24-23(28)25-16-20-6-7-22-21(14-20)8-13-29-22/h2-8,13-14H,9-12,15-17H2,1H3,(H2,24,25,28). The number of urea groups is 1. The van der Waals surface area contributed by atoms with Crippen LogP contribution in [-0.2, 0) is 19.6 Å². The summed E-state index contributed by atoms with van der Waals surface area (Å²) >= 11 is 0. The normalized spacial score (nSPS) is 15.5. The number of benzene rings is 2. The molecule has 3 aromatic rings. The SMILES string of the molecule is CN1CCN(Cc2ccc(CNC(=O)NCc3ccc4occc4c3)cc2)CC1. The zero-order valence-corrected chi connectivity index (χ0v) is 16.9. The number of carbonyl (C=O) groups excluding carboxylic acids is 1. The van der Waals surface area contributed by atoms with Gasteiger partial charge >= 0.3 is 6.03 Å². The molecule has 1 fully saturated rings. The van der Waals surface area contributed by atoms with E-state index in [1.807, 2.05) is 24.3 Å². The van der Waals surface area contributed by atoms with Crippen LogP contribution in [0.5, 0.6) is 0 Å². The van der Waals surface area contributed by atoms with Crippen molar-refractivity contribution in [3.63, 3.8) is 0 Å². The van der Waals surface area contributed by atoms with Crippen LogP contribution in [0.4, 0.5) is 4.79 Å². The summed E-state index contributed by atoms with van der Waals surface area (Å²) in [6.45, 7) is 6.49. The maximum absolute atomic E-state index is 12.1. The molecule has 2 N–H and O–H groups in total. The van der Waals surface area contributed by atoms with Gasteiger partial charge in [0.25, 0.3) is 0 Å². The molecule has 6 nitrogen and oxygen atoms in total. The second-order valence-electron chi connectivity index (χ2n) is 7.72. The molecule has 1 aromatic heterocycles. The van der Waals surface area contributed by atoms with Gasteiger partial charge in [0.1, 0.15) is 5.58 Å². The molecule has 1 aliphatic rings. The van der Waals surface area contributed by atoms with Crippen LogP contribution in [0.3, 0.4) is 0 Å². The molecular formula is C23H28N4O2. The van der Waals surface area contributed by atoms with Gasteiger partial charge in [0.15, 0.2) is 0 Å². The van der Waals surface area contributed by atoms with Gasteiger partial charge in [-0.3, -0.25) is 4.90 Å². The van der Waals surface area contributed by atoms with Crippen LogP contribution in [0.15, 0.2) is 59.2 Å². The zero-order valence-electron chi connectivity index (χ0n) is 16.9. The minimum absolute atomic E-state index is 0.168. The van der Waals surface area contributed by atoms with Gasteiger partial charge < -0.3 is 20.0 Å². The highest BCUT2D eigenvalue weighted by Crippen LogP contribution is 2.16. The van der Waals surface area contributed by atoms with Crippen LogP contribution in [0.1, 0.15) is 16.7 Å². The van der Waals surface area contributed by atoms with E-state index >= 15 is 0 Å². The van der Waals surface area contributed by atoms with Crippen molar-refractivity contribution in [2.75, 3.05) is 33.2 Å². The van der Waals surface area contributed by atoms with Crippen molar-refractivity contribution < 1.29 is 9.21 Å². The third kappa shape index (κ3) is 5.37. The smallest absolute Gasteiger partial charge is 0.315 e. The lowest BCUT2D eigenvalue weighted by Crippen LogP contribution is -2.43. The topological polar surface area (TPSA) is 60.8 Å². The molecule has 0 saturated carbocycles. The zero-order chi connectivity index (χ0) is 20.1. The molecule has 0 atom stereocenters. The lowest BCUT2D eigenvalue weighted by atomic mass is 10.1. The van der Waals surface area contributed by atoms with Crippen LogP contribution in [0, 0.1) is 0 Å². The Balaban J connectivity index is 1.20. The van der Waals surface area contributed by atoms with Crippen LogP contribution in [0.25, 0.3) is 11.0 Å². The number of furan rings is 1. The van der Waals surface area contributed by atoms with Crippen molar-refractivity contribution >= 4 is 17.0 Å². The van der Waals surface area contributed by atoms with Gasteiger partial charge in [-0.25, -0.2) is 4.79 Å². The molecule has 152 valence electrons. The Morgan fingerprint density at radius 3 is 2.31 bits per heavy atom. The number of likely N-dealkylation sites (N-methyl/N-ethyl adjacent to an activating group) is 1. The molecule has 2 heterocycles. The van der Waals surface area contributed by atoms with E-state index in [1.54, 1.807) is 6.26 Å². The highest BCUT2D eigenvalue weighted by molar-refractivity contribution is 5.78. The van der Waals surface area contributed by atoms with Crippen molar-refractivity contribution in [3.8, 4) is 0 Å². The number of amides is 2. The van der Waals surface area contributed by atoms with E-state index in [4.69, 9.17) is 4.42 Å². The molecule has 1 saturated heterocycles. The van der Waals surface area contributed by atoms with E-state index in [2.05, 4.69) is 51.7 Å². The molecule has 6 heteroatoms. The summed E-state index contributed by atoms with van der Waals surface area (Å²) in [6, 6.07) is 16.2. The number of piperazine rings is 1. The minimum Gasteiger partial charge on any atom is -0.464 e. The Hall–Kier alpha value is -2.83. The second-order valence-corrected chi connectivity index (χ2v) is 7.72. The average Bonchev–Trinajstić information content (AvgIpc) is 3.21. The molecule has 29 heavy (non-hydrogen) atoms. The summed E-state index contributed by atoms with van der Waals surface area (Å²) in [5.74, 6) is 0. The largest absolute Gasteiger partial charge is 0.464 e. The summed E-state index contributed by atoms with van der Waals surface area (Å²) in [4.78, 5) is 17.0. The maximum Gasteiger partial charge on any atom is 0.315 e. The lowest BCUT2D eigenvalue weighted by molar-refractivity contribution is 0.148. The molecule has 0 aliphatic carbocycles. The van der Waals surface area contributed by atoms with E-state index in [0.717, 1.165) is 54.8 Å². The Morgan fingerprint density at radius 2 is 1.55 bits per heavy atom. The first-order chi connectivity index (χ1) is 14.2. The van der Waals surface area contributed by atoms with Crippen LogP contribution >= 0.6 is 0 Å². The first-order valence-corrected chi connectivity index (χ1v) is 10.1. The number of hydrogen-bond acceptors (Lipinski definition) is 4. The van der Waals surface area contributed by atoms with Crippen LogP contribution in [-0.4, -0.2) is 49.1 Å². The van der Waals surface area contributed by atoms with E-state index < -0.39 is 0 Å². The fourth-order valence-electron chi connectivity index (χ4n) is 3.58. The number of rotatable bonds is 6. The van der Waals surface area contributed by atoms with Crippen molar-refractivity contribution in [2.24, 2.45) is 0 Å². The van der Waals surface area contributed by atoms with E-state index in [-0.39, 0.29) is 6.03 Å². The first kappa shape index (κ1) is 19.5. The molecular weight excluding hydrogens is 364 g/mol. The number of hydrogen-bond donors (Lipinski definition) is 2. The van der Waals surface area contributed by atoms with Crippen molar-refractivity contribution in [2.45, 2.75) is 19.6 Å². The third-order valence-electron chi connectivity index (χ3n) is 5.45. The van der Waals surface area contributed by atoms with E-state index in [9.17, 15) is 4.79 Å². The van der Waals surface area contributed by atoms with Crippen molar-refractivity contribution in [1.29, 1.82) is 0 Å². The summed E-state index contributed by atoms with van der Waals surface area (Å²) in [5.41, 5.74) is 4.32. The fraction of sp³-hybridized carbons (Fsp3) is 0.348. The highest BCUT2D eigenvalue weighted by Gasteiger charge is 2.13. The van der Waals surface area contributed by atoms with Gasteiger partial charge in [-0.1, -0.05) is 30.3 Å². The minimum atomic E-state index is -0.168. The predicted molar refractivity (Wildman–Crippen MR) is 115 cm³/mol. The summed E-state index contributed by atoms with van der Waals surface area (Å²) < 4.78 is 5.34. The van der Waals surface area contributed by atoms with Gasteiger partial charge in [0, 0.05) is 51.2 Å².